The Morgan fingerprint density at radius 1 is 1.00 bits per heavy atom. The standard InChI is InChI=1S/C18H22NO3P/c1-3-19(4-2)22-17(20)18(21)23(15-11-7-5-8-12-15)16-13-9-6-10-14-16/h5-14,18,21H,3-4H2,1-2H3/q+1. The summed E-state index contributed by atoms with van der Waals surface area (Å²) in [6, 6.07) is 19.2. The first kappa shape index (κ1) is 17.6. The van der Waals surface area contributed by atoms with Crippen molar-refractivity contribution in [3.63, 3.8) is 0 Å². The summed E-state index contributed by atoms with van der Waals surface area (Å²) in [5.74, 6) is -1.80. The van der Waals surface area contributed by atoms with Crippen LogP contribution in [0.5, 0.6) is 0 Å². The van der Waals surface area contributed by atoms with Crippen LogP contribution < -0.4 is 10.6 Å². The first-order valence-electron chi connectivity index (χ1n) is 7.71. The summed E-state index contributed by atoms with van der Waals surface area (Å²) in [5, 5.41) is 14.1. The van der Waals surface area contributed by atoms with Crippen molar-refractivity contribution in [2.45, 2.75) is 19.7 Å². The van der Waals surface area contributed by atoms with Crippen molar-refractivity contribution in [3.05, 3.63) is 60.7 Å². The molecule has 0 amide bonds. The minimum absolute atomic E-state index is 0.587. The Kier molecular flexibility index (Phi) is 6.72. The van der Waals surface area contributed by atoms with Crippen molar-refractivity contribution in [2.24, 2.45) is 0 Å². The van der Waals surface area contributed by atoms with E-state index < -0.39 is 19.7 Å². The van der Waals surface area contributed by atoms with Crippen LogP contribution >= 0.6 is 7.92 Å². The van der Waals surface area contributed by atoms with Gasteiger partial charge in [-0.05, 0) is 29.5 Å². The van der Waals surface area contributed by atoms with Gasteiger partial charge in [0.2, 0.25) is 5.85 Å². The average molecular weight is 331 g/mol. The topological polar surface area (TPSA) is 52.6 Å². The number of carbonyl (C=O) groups excluding carboxylic acids is 1. The summed E-state index contributed by atoms with van der Waals surface area (Å²) >= 11 is 0. The number of hydroxylamine groups is 2. The lowest BCUT2D eigenvalue weighted by Gasteiger charge is -2.20. The third kappa shape index (κ3) is 4.61. The van der Waals surface area contributed by atoms with Crippen molar-refractivity contribution in [1.82, 2.24) is 5.06 Å². The van der Waals surface area contributed by atoms with Gasteiger partial charge in [-0.3, -0.25) is 0 Å². The Bertz CT molecular complexity index is 563. The summed E-state index contributed by atoms with van der Waals surface area (Å²) in [4.78, 5) is 17.7. The number of benzene rings is 2. The Balaban J connectivity index is 2.29. The van der Waals surface area contributed by atoms with Crippen LogP contribution in [0.25, 0.3) is 0 Å². The Morgan fingerprint density at radius 3 is 1.83 bits per heavy atom. The molecule has 23 heavy (non-hydrogen) atoms. The summed E-state index contributed by atoms with van der Waals surface area (Å²) in [7, 11) is -1.24. The van der Waals surface area contributed by atoms with E-state index in [1.54, 1.807) is 0 Å². The van der Waals surface area contributed by atoms with Gasteiger partial charge in [0.15, 0.2) is 0 Å². The second kappa shape index (κ2) is 8.78. The van der Waals surface area contributed by atoms with E-state index in [0.29, 0.717) is 13.1 Å². The first-order chi connectivity index (χ1) is 11.2. The quantitative estimate of drug-likeness (QED) is 0.480. The molecule has 0 aliphatic heterocycles. The normalized spacial score (nSPS) is 12.4. The third-order valence-electron chi connectivity index (χ3n) is 3.45. The van der Waals surface area contributed by atoms with Crippen molar-refractivity contribution in [1.29, 1.82) is 0 Å². The zero-order valence-electron chi connectivity index (χ0n) is 13.4. The fourth-order valence-electron chi connectivity index (χ4n) is 2.24. The predicted molar refractivity (Wildman–Crippen MR) is 94.1 cm³/mol. The van der Waals surface area contributed by atoms with Gasteiger partial charge < -0.3 is 5.11 Å². The van der Waals surface area contributed by atoms with E-state index >= 15 is 0 Å². The number of carbonyl (C=O) groups is 1. The lowest BCUT2D eigenvalue weighted by molar-refractivity contribution is -0.193. The molecule has 1 atom stereocenters. The highest BCUT2D eigenvalue weighted by Crippen LogP contribution is 2.38. The molecule has 0 fully saturated rings. The number of aliphatic hydroxyl groups is 1. The zero-order chi connectivity index (χ0) is 16.7. The molecule has 0 aliphatic rings. The molecule has 1 N–H and O–H groups in total. The van der Waals surface area contributed by atoms with Crippen LogP contribution in [-0.2, 0) is 9.63 Å². The summed E-state index contributed by atoms with van der Waals surface area (Å²) in [6.45, 7) is 4.98. The molecule has 0 heterocycles. The molecule has 2 aromatic rings. The Morgan fingerprint density at radius 2 is 1.43 bits per heavy atom. The van der Waals surface area contributed by atoms with E-state index in [0.717, 1.165) is 10.6 Å². The van der Waals surface area contributed by atoms with Crippen molar-refractivity contribution in [3.8, 4) is 0 Å². The van der Waals surface area contributed by atoms with E-state index in [9.17, 15) is 9.90 Å². The second-order valence-electron chi connectivity index (χ2n) is 4.94. The molecule has 0 spiro atoms. The molecule has 0 bridgehead atoms. The third-order valence-corrected chi connectivity index (χ3v) is 5.86. The van der Waals surface area contributed by atoms with Crippen LogP contribution in [0.15, 0.2) is 60.7 Å². The molecule has 0 saturated heterocycles. The highest BCUT2D eigenvalue weighted by Gasteiger charge is 2.40. The maximum atomic E-state index is 12.4. The van der Waals surface area contributed by atoms with E-state index in [4.69, 9.17) is 4.84 Å². The fraction of sp³-hybridized carbons (Fsp3) is 0.278. The number of hydrogen-bond acceptors (Lipinski definition) is 4. The Hall–Kier alpha value is -1.74. The minimum atomic E-state index is -1.24. The van der Waals surface area contributed by atoms with Gasteiger partial charge in [-0.2, -0.15) is 4.84 Å². The largest absolute Gasteiger partial charge is 0.631 e. The summed E-state index contributed by atoms with van der Waals surface area (Å²) in [6.07, 6.45) is 0. The molecular formula is C18H22NO3P+. The van der Waals surface area contributed by atoms with Crippen molar-refractivity contribution in [2.75, 3.05) is 13.1 Å². The van der Waals surface area contributed by atoms with E-state index in [1.807, 2.05) is 74.5 Å². The van der Waals surface area contributed by atoms with E-state index in [2.05, 4.69) is 0 Å². The van der Waals surface area contributed by atoms with Crippen LogP contribution in [-0.4, -0.2) is 35.1 Å². The number of hydrogen-bond donors (Lipinski definition) is 1. The lowest BCUT2D eigenvalue weighted by Crippen LogP contribution is -2.35. The molecule has 2 rings (SSSR count). The maximum Gasteiger partial charge on any atom is 0.631 e. The van der Waals surface area contributed by atoms with Crippen LogP contribution in [0.4, 0.5) is 0 Å². The average Bonchev–Trinajstić information content (AvgIpc) is 2.61. The van der Waals surface area contributed by atoms with Gasteiger partial charge in [-0.25, -0.2) is 0 Å². The second-order valence-corrected chi connectivity index (χ2v) is 7.20. The van der Waals surface area contributed by atoms with Gasteiger partial charge in [-0.15, -0.1) is 0 Å². The van der Waals surface area contributed by atoms with Crippen LogP contribution in [0, 0.1) is 0 Å². The van der Waals surface area contributed by atoms with Gasteiger partial charge in [0.1, 0.15) is 0 Å². The lowest BCUT2D eigenvalue weighted by atomic mass is 10.4. The SMILES string of the molecule is CCN(CC)OC(=[O+])C(O)P(c1ccccc1)c1ccccc1. The van der Waals surface area contributed by atoms with Crippen LogP contribution in [0.3, 0.4) is 0 Å². The van der Waals surface area contributed by atoms with Gasteiger partial charge in [0, 0.05) is 7.92 Å². The highest BCUT2D eigenvalue weighted by molar-refractivity contribution is 7.74. The van der Waals surface area contributed by atoms with Gasteiger partial charge in [0.25, 0.3) is 0 Å². The van der Waals surface area contributed by atoms with Gasteiger partial charge in [-0.1, -0.05) is 60.7 Å². The molecular weight excluding hydrogens is 309 g/mol. The summed E-state index contributed by atoms with van der Waals surface area (Å²) in [5.41, 5.74) is 0. The number of rotatable bonds is 7. The monoisotopic (exact) mass is 331 g/mol. The number of nitrogens with zero attached hydrogens (tertiary/aromatic N) is 1. The van der Waals surface area contributed by atoms with Gasteiger partial charge in [0.05, 0.1) is 17.9 Å². The molecule has 0 aromatic heterocycles. The van der Waals surface area contributed by atoms with Gasteiger partial charge >= 0.3 is 5.97 Å². The molecule has 1 unspecified atom stereocenters. The van der Waals surface area contributed by atoms with Crippen molar-refractivity contribution >= 4 is 24.5 Å². The summed E-state index contributed by atoms with van der Waals surface area (Å²) < 4.78 is 0. The molecule has 0 aliphatic carbocycles. The maximum absolute atomic E-state index is 12.4. The molecule has 0 saturated carbocycles. The molecule has 121 valence electrons. The first-order valence-corrected chi connectivity index (χ1v) is 9.12. The zero-order valence-corrected chi connectivity index (χ0v) is 14.3. The molecule has 1 radical (unpaired) electrons. The highest BCUT2D eigenvalue weighted by atomic mass is 31.1. The van der Waals surface area contributed by atoms with Crippen molar-refractivity contribution < 1.29 is 14.7 Å². The number of aliphatic hydroxyl groups excluding tert-OH is 1. The molecule has 5 heteroatoms. The Labute approximate surface area is 138 Å². The molecule has 4 nitrogen and oxygen atoms in total. The minimum Gasteiger partial charge on any atom is -0.372 e. The van der Waals surface area contributed by atoms with Crippen LogP contribution in [0.1, 0.15) is 13.8 Å². The predicted octanol–water partition coefficient (Wildman–Crippen LogP) is 2.24. The molecule has 2 aromatic carbocycles. The fourth-order valence-corrected chi connectivity index (χ4v) is 4.35. The van der Waals surface area contributed by atoms with E-state index in [1.165, 1.54) is 5.06 Å². The smallest absolute Gasteiger partial charge is 0.372 e. The van der Waals surface area contributed by atoms with Crippen LogP contribution in [0.2, 0.25) is 0 Å². The van der Waals surface area contributed by atoms with E-state index in [-0.39, 0.29) is 0 Å².